The molecule has 0 atom stereocenters. The Balaban J connectivity index is 1.77. The minimum atomic E-state index is -0.111. The SMILES string of the molecule is CCNc1nnc(C(=O)NCC2CCN(C)CC2)s1. The number of nitrogens with zero attached hydrogens (tertiary/aromatic N) is 3. The van der Waals surface area contributed by atoms with Crippen LogP contribution in [-0.2, 0) is 0 Å². The van der Waals surface area contributed by atoms with E-state index in [1.165, 1.54) is 11.3 Å². The molecule has 0 unspecified atom stereocenters. The van der Waals surface area contributed by atoms with Gasteiger partial charge < -0.3 is 15.5 Å². The van der Waals surface area contributed by atoms with E-state index in [0.717, 1.165) is 39.0 Å². The molecule has 1 saturated heterocycles. The smallest absolute Gasteiger partial charge is 0.282 e. The summed E-state index contributed by atoms with van der Waals surface area (Å²) in [5.41, 5.74) is 0. The van der Waals surface area contributed by atoms with Gasteiger partial charge in [-0.05, 0) is 45.8 Å². The van der Waals surface area contributed by atoms with Crippen LogP contribution in [-0.4, -0.2) is 54.2 Å². The Kier molecular flexibility index (Phi) is 5.09. The summed E-state index contributed by atoms with van der Waals surface area (Å²) in [5, 5.41) is 15.0. The van der Waals surface area contributed by atoms with Crippen LogP contribution in [0.25, 0.3) is 0 Å². The number of hydrogen-bond donors (Lipinski definition) is 2. The number of rotatable bonds is 5. The van der Waals surface area contributed by atoms with Crippen molar-refractivity contribution < 1.29 is 4.79 Å². The Hall–Kier alpha value is -1.21. The first-order chi connectivity index (χ1) is 9.19. The minimum absolute atomic E-state index is 0.111. The van der Waals surface area contributed by atoms with Gasteiger partial charge in [0.25, 0.3) is 5.91 Å². The molecule has 0 saturated carbocycles. The van der Waals surface area contributed by atoms with Crippen molar-refractivity contribution in [3.8, 4) is 0 Å². The fraction of sp³-hybridized carbons (Fsp3) is 0.750. The average molecular weight is 283 g/mol. The van der Waals surface area contributed by atoms with Crippen LogP contribution in [0.2, 0.25) is 0 Å². The lowest BCUT2D eigenvalue weighted by atomic mass is 9.97. The van der Waals surface area contributed by atoms with E-state index in [4.69, 9.17) is 0 Å². The molecule has 0 bridgehead atoms. The summed E-state index contributed by atoms with van der Waals surface area (Å²) < 4.78 is 0. The normalized spacial score (nSPS) is 17.4. The molecule has 19 heavy (non-hydrogen) atoms. The summed E-state index contributed by atoms with van der Waals surface area (Å²) in [5.74, 6) is 0.474. The first-order valence-electron chi connectivity index (χ1n) is 6.73. The number of carbonyl (C=O) groups excluding carboxylic acids is 1. The Bertz CT molecular complexity index is 414. The molecule has 1 aromatic heterocycles. The predicted octanol–water partition coefficient (Wildman–Crippen LogP) is 1.04. The maximum Gasteiger partial charge on any atom is 0.282 e. The van der Waals surface area contributed by atoms with Crippen molar-refractivity contribution in [2.75, 3.05) is 38.5 Å². The molecular formula is C12H21N5OS. The van der Waals surface area contributed by atoms with Gasteiger partial charge in [0.1, 0.15) is 0 Å². The van der Waals surface area contributed by atoms with Gasteiger partial charge in [-0.25, -0.2) is 0 Å². The third-order valence-corrected chi connectivity index (χ3v) is 4.22. The maximum atomic E-state index is 11.9. The summed E-state index contributed by atoms with van der Waals surface area (Å²) in [6.45, 7) is 5.74. The topological polar surface area (TPSA) is 70.1 Å². The molecule has 2 heterocycles. The summed E-state index contributed by atoms with van der Waals surface area (Å²) in [6, 6.07) is 0. The van der Waals surface area contributed by atoms with E-state index in [1.807, 2.05) is 6.92 Å². The number of nitrogens with one attached hydrogen (secondary N) is 2. The minimum Gasteiger partial charge on any atom is -0.360 e. The van der Waals surface area contributed by atoms with E-state index < -0.39 is 0 Å². The van der Waals surface area contributed by atoms with Gasteiger partial charge in [-0.3, -0.25) is 4.79 Å². The molecule has 1 aliphatic heterocycles. The van der Waals surface area contributed by atoms with Crippen molar-refractivity contribution in [3.05, 3.63) is 5.01 Å². The Labute approximate surface area is 117 Å². The fourth-order valence-electron chi connectivity index (χ4n) is 2.12. The van der Waals surface area contributed by atoms with Crippen LogP contribution in [0.15, 0.2) is 0 Å². The summed E-state index contributed by atoms with van der Waals surface area (Å²) >= 11 is 1.30. The van der Waals surface area contributed by atoms with E-state index in [-0.39, 0.29) is 5.91 Å². The van der Waals surface area contributed by atoms with E-state index in [2.05, 4.69) is 32.8 Å². The molecule has 7 heteroatoms. The quantitative estimate of drug-likeness (QED) is 0.845. The predicted molar refractivity (Wildman–Crippen MR) is 76.6 cm³/mol. The second-order valence-corrected chi connectivity index (χ2v) is 5.88. The van der Waals surface area contributed by atoms with Crippen LogP contribution in [0, 0.1) is 5.92 Å². The van der Waals surface area contributed by atoms with Gasteiger partial charge in [0.05, 0.1) is 0 Å². The molecule has 1 aliphatic rings. The Morgan fingerprint density at radius 1 is 1.42 bits per heavy atom. The highest BCUT2D eigenvalue weighted by Crippen LogP contribution is 2.17. The van der Waals surface area contributed by atoms with Crippen molar-refractivity contribution in [2.24, 2.45) is 5.92 Å². The Morgan fingerprint density at radius 3 is 2.84 bits per heavy atom. The fourth-order valence-corrected chi connectivity index (χ4v) is 2.84. The molecule has 2 N–H and O–H groups in total. The standard InChI is InChI=1S/C12H21N5OS/c1-3-13-12-16-15-11(19-12)10(18)14-8-9-4-6-17(2)7-5-9/h9H,3-8H2,1-2H3,(H,13,16)(H,14,18). The maximum absolute atomic E-state index is 11.9. The van der Waals surface area contributed by atoms with Crippen molar-refractivity contribution in [1.29, 1.82) is 0 Å². The second-order valence-electron chi connectivity index (χ2n) is 4.90. The largest absolute Gasteiger partial charge is 0.360 e. The summed E-state index contributed by atoms with van der Waals surface area (Å²) in [6.07, 6.45) is 2.30. The molecule has 6 nitrogen and oxygen atoms in total. The molecule has 0 radical (unpaired) electrons. The van der Waals surface area contributed by atoms with E-state index in [0.29, 0.717) is 16.1 Å². The monoisotopic (exact) mass is 283 g/mol. The third-order valence-electron chi connectivity index (χ3n) is 3.34. The van der Waals surface area contributed by atoms with Crippen LogP contribution in [0.3, 0.4) is 0 Å². The number of likely N-dealkylation sites (tertiary alicyclic amines) is 1. The van der Waals surface area contributed by atoms with Gasteiger partial charge in [-0.15, -0.1) is 10.2 Å². The van der Waals surface area contributed by atoms with Gasteiger partial charge in [-0.1, -0.05) is 11.3 Å². The van der Waals surface area contributed by atoms with E-state index in [1.54, 1.807) is 0 Å². The van der Waals surface area contributed by atoms with Crippen LogP contribution >= 0.6 is 11.3 Å². The molecule has 1 aromatic rings. The molecule has 2 rings (SSSR count). The highest BCUT2D eigenvalue weighted by Gasteiger charge is 2.18. The highest BCUT2D eigenvalue weighted by molar-refractivity contribution is 7.17. The second kappa shape index (κ2) is 6.81. The zero-order valence-electron chi connectivity index (χ0n) is 11.5. The van der Waals surface area contributed by atoms with Crippen molar-refractivity contribution in [2.45, 2.75) is 19.8 Å². The van der Waals surface area contributed by atoms with E-state index >= 15 is 0 Å². The molecule has 1 fully saturated rings. The number of hydrogen-bond acceptors (Lipinski definition) is 6. The molecule has 0 aliphatic carbocycles. The number of aromatic nitrogens is 2. The number of amides is 1. The van der Waals surface area contributed by atoms with Gasteiger partial charge >= 0.3 is 0 Å². The van der Waals surface area contributed by atoms with Crippen LogP contribution in [0.1, 0.15) is 29.6 Å². The van der Waals surface area contributed by atoms with Gasteiger partial charge in [0, 0.05) is 13.1 Å². The molecule has 106 valence electrons. The molecule has 1 amide bonds. The van der Waals surface area contributed by atoms with Crippen LogP contribution in [0.5, 0.6) is 0 Å². The molecule has 0 spiro atoms. The number of piperidine rings is 1. The zero-order chi connectivity index (χ0) is 13.7. The highest BCUT2D eigenvalue weighted by atomic mass is 32.1. The lowest BCUT2D eigenvalue weighted by molar-refractivity contribution is 0.0938. The van der Waals surface area contributed by atoms with Crippen molar-refractivity contribution in [3.63, 3.8) is 0 Å². The van der Waals surface area contributed by atoms with Crippen LogP contribution in [0.4, 0.5) is 5.13 Å². The van der Waals surface area contributed by atoms with E-state index in [9.17, 15) is 4.79 Å². The van der Waals surface area contributed by atoms with Gasteiger partial charge in [-0.2, -0.15) is 0 Å². The Morgan fingerprint density at radius 2 is 2.16 bits per heavy atom. The summed E-state index contributed by atoms with van der Waals surface area (Å²) in [4.78, 5) is 14.3. The lowest BCUT2D eigenvalue weighted by Gasteiger charge is -2.28. The first-order valence-corrected chi connectivity index (χ1v) is 7.54. The number of carbonyl (C=O) groups is 1. The van der Waals surface area contributed by atoms with Gasteiger partial charge in [0.2, 0.25) is 10.1 Å². The molecular weight excluding hydrogens is 262 g/mol. The lowest BCUT2D eigenvalue weighted by Crippen LogP contribution is -2.36. The van der Waals surface area contributed by atoms with Crippen molar-refractivity contribution >= 4 is 22.4 Å². The summed E-state index contributed by atoms with van der Waals surface area (Å²) in [7, 11) is 2.14. The van der Waals surface area contributed by atoms with Gasteiger partial charge in [0.15, 0.2) is 0 Å². The van der Waals surface area contributed by atoms with Crippen LogP contribution < -0.4 is 10.6 Å². The molecule has 0 aromatic carbocycles. The third kappa shape index (κ3) is 4.14. The first kappa shape index (κ1) is 14.2. The average Bonchev–Trinajstić information content (AvgIpc) is 2.87. The van der Waals surface area contributed by atoms with Crippen molar-refractivity contribution in [1.82, 2.24) is 20.4 Å². The zero-order valence-corrected chi connectivity index (χ0v) is 12.3. The number of anilines is 1.